The number of nitrogen functional groups attached to an aromatic ring is 1. The van der Waals surface area contributed by atoms with Crippen molar-refractivity contribution in [2.24, 2.45) is 0 Å². The molecule has 1 aliphatic rings. The normalized spacial score (nSPS) is 15.0. The molecule has 2 rings (SSSR count). The van der Waals surface area contributed by atoms with Gasteiger partial charge in [0.2, 0.25) is 5.91 Å². The molecule has 3 N–H and O–H groups in total. The Morgan fingerprint density at radius 2 is 2.35 bits per heavy atom. The molecule has 0 bridgehead atoms. The number of hydrogen-bond donors (Lipinski definition) is 2. The number of hydrogen-bond acceptors (Lipinski definition) is 4. The van der Waals surface area contributed by atoms with Crippen molar-refractivity contribution in [1.29, 1.82) is 0 Å². The summed E-state index contributed by atoms with van der Waals surface area (Å²) in [5.41, 5.74) is 9.05. The molecular formula is C15H23N3O2. The number of ether oxygens (including phenoxy) is 1. The monoisotopic (exact) mass is 277 g/mol. The van der Waals surface area contributed by atoms with Crippen LogP contribution in [-0.4, -0.2) is 38.8 Å². The van der Waals surface area contributed by atoms with E-state index in [4.69, 9.17) is 10.5 Å². The van der Waals surface area contributed by atoms with Gasteiger partial charge in [-0.25, -0.2) is 0 Å². The molecule has 0 fully saturated rings. The number of anilines is 2. The minimum Gasteiger partial charge on any atom is -0.397 e. The number of amides is 1. The summed E-state index contributed by atoms with van der Waals surface area (Å²) >= 11 is 0. The van der Waals surface area contributed by atoms with Gasteiger partial charge in [0.05, 0.1) is 11.4 Å². The Balaban J connectivity index is 1.98. The summed E-state index contributed by atoms with van der Waals surface area (Å²) in [7, 11) is 1.66. The predicted octanol–water partition coefficient (Wildman–Crippen LogP) is 1.17. The van der Waals surface area contributed by atoms with Crippen LogP contribution in [0, 0.1) is 0 Å². The summed E-state index contributed by atoms with van der Waals surface area (Å²) in [4.78, 5) is 14.3. The summed E-state index contributed by atoms with van der Waals surface area (Å²) in [5.74, 6) is 0.0391. The molecule has 1 aromatic rings. The lowest BCUT2D eigenvalue weighted by atomic mass is 10.1. The first-order valence-electron chi connectivity index (χ1n) is 7.05. The lowest BCUT2D eigenvalue weighted by Gasteiger charge is -2.27. The van der Waals surface area contributed by atoms with Crippen LogP contribution in [-0.2, 0) is 16.0 Å². The number of nitrogens with zero attached hydrogens (tertiary/aromatic N) is 1. The van der Waals surface area contributed by atoms with Crippen molar-refractivity contribution in [1.82, 2.24) is 5.32 Å². The average Bonchev–Trinajstić information content (AvgIpc) is 2.88. The number of fused-ring (bicyclic) bond motifs is 1. The molecule has 0 saturated carbocycles. The molecule has 1 unspecified atom stereocenters. The number of para-hydroxylation sites is 1. The summed E-state index contributed by atoms with van der Waals surface area (Å²) in [6, 6.07) is 5.73. The molecule has 1 aliphatic heterocycles. The standard InChI is InChI=1S/C15H23N3O2/c1-11(15(19)17-8-4-10-20-2)18-9-7-12-5-3-6-13(16)14(12)18/h3,5-6,11H,4,7-10,16H2,1-2H3,(H,17,19). The molecule has 1 aromatic carbocycles. The minimum absolute atomic E-state index is 0.0391. The van der Waals surface area contributed by atoms with Gasteiger partial charge in [-0.1, -0.05) is 12.1 Å². The Labute approximate surface area is 120 Å². The smallest absolute Gasteiger partial charge is 0.242 e. The van der Waals surface area contributed by atoms with Crippen molar-refractivity contribution in [3.63, 3.8) is 0 Å². The van der Waals surface area contributed by atoms with Crippen LogP contribution in [0.3, 0.4) is 0 Å². The molecule has 1 heterocycles. The maximum absolute atomic E-state index is 12.2. The maximum atomic E-state index is 12.2. The van der Waals surface area contributed by atoms with Gasteiger partial charge in [0.15, 0.2) is 0 Å². The molecule has 5 heteroatoms. The van der Waals surface area contributed by atoms with Gasteiger partial charge in [0, 0.05) is 26.8 Å². The van der Waals surface area contributed by atoms with Crippen molar-refractivity contribution < 1.29 is 9.53 Å². The molecule has 0 aromatic heterocycles. The quantitative estimate of drug-likeness (QED) is 0.605. The fraction of sp³-hybridized carbons (Fsp3) is 0.533. The molecule has 0 saturated heterocycles. The number of benzene rings is 1. The SMILES string of the molecule is COCCCNC(=O)C(C)N1CCc2cccc(N)c21. The average molecular weight is 277 g/mol. The van der Waals surface area contributed by atoms with Crippen LogP contribution in [0.5, 0.6) is 0 Å². The van der Waals surface area contributed by atoms with Gasteiger partial charge in [-0.05, 0) is 31.4 Å². The third-order valence-corrected chi connectivity index (χ3v) is 3.73. The Morgan fingerprint density at radius 3 is 3.10 bits per heavy atom. The number of rotatable bonds is 6. The fourth-order valence-corrected chi connectivity index (χ4v) is 2.62. The highest BCUT2D eigenvalue weighted by Crippen LogP contribution is 2.34. The van der Waals surface area contributed by atoms with E-state index in [0.717, 1.165) is 30.8 Å². The topological polar surface area (TPSA) is 67.6 Å². The summed E-state index contributed by atoms with van der Waals surface area (Å²) in [6.45, 7) is 4.07. The van der Waals surface area contributed by atoms with Gasteiger partial charge < -0.3 is 20.7 Å². The number of carbonyl (C=O) groups is 1. The van der Waals surface area contributed by atoms with E-state index in [-0.39, 0.29) is 11.9 Å². The second-order valence-electron chi connectivity index (χ2n) is 5.11. The maximum Gasteiger partial charge on any atom is 0.242 e. The molecule has 5 nitrogen and oxygen atoms in total. The number of nitrogens with two attached hydrogens (primary N) is 1. The van der Waals surface area contributed by atoms with Crippen LogP contribution in [0.15, 0.2) is 18.2 Å². The number of methoxy groups -OCH3 is 1. The van der Waals surface area contributed by atoms with E-state index in [9.17, 15) is 4.79 Å². The Hall–Kier alpha value is -1.75. The van der Waals surface area contributed by atoms with E-state index in [2.05, 4.69) is 16.3 Å². The minimum atomic E-state index is -0.205. The molecule has 1 amide bonds. The zero-order valence-electron chi connectivity index (χ0n) is 12.2. The largest absolute Gasteiger partial charge is 0.397 e. The van der Waals surface area contributed by atoms with Crippen LogP contribution >= 0.6 is 0 Å². The highest BCUT2D eigenvalue weighted by molar-refractivity contribution is 5.87. The lowest BCUT2D eigenvalue weighted by molar-refractivity contribution is -0.122. The van der Waals surface area contributed by atoms with Gasteiger partial charge >= 0.3 is 0 Å². The molecule has 0 aliphatic carbocycles. The Kier molecular flexibility index (Phi) is 4.84. The van der Waals surface area contributed by atoms with E-state index >= 15 is 0 Å². The second kappa shape index (κ2) is 6.61. The summed E-state index contributed by atoms with van der Waals surface area (Å²) < 4.78 is 4.97. The highest BCUT2D eigenvalue weighted by atomic mass is 16.5. The van der Waals surface area contributed by atoms with Crippen molar-refractivity contribution in [2.75, 3.05) is 37.4 Å². The number of carbonyl (C=O) groups excluding carboxylic acids is 1. The van der Waals surface area contributed by atoms with Gasteiger partial charge in [-0.15, -0.1) is 0 Å². The van der Waals surface area contributed by atoms with Crippen molar-refractivity contribution >= 4 is 17.3 Å². The van der Waals surface area contributed by atoms with Gasteiger partial charge in [-0.3, -0.25) is 4.79 Å². The van der Waals surface area contributed by atoms with Crippen LogP contribution in [0.4, 0.5) is 11.4 Å². The highest BCUT2D eigenvalue weighted by Gasteiger charge is 2.28. The van der Waals surface area contributed by atoms with Crippen LogP contribution in [0.25, 0.3) is 0 Å². The van der Waals surface area contributed by atoms with Crippen LogP contribution in [0.1, 0.15) is 18.9 Å². The van der Waals surface area contributed by atoms with E-state index in [1.54, 1.807) is 7.11 Å². The van der Waals surface area contributed by atoms with Gasteiger partial charge in [0.25, 0.3) is 0 Å². The predicted molar refractivity (Wildman–Crippen MR) is 80.9 cm³/mol. The van der Waals surface area contributed by atoms with E-state index in [1.165, 1.54) is 5.56 Å². The van der Waals surface area contributed by atoms with E-state index in [0.29, 0.717) is 13.2 Å². The molecular weight excluding hydrogens is 254 g/mol. The molecule has 110 valence electrons. The third-order valence-electron chi connectivity index (χ3n) is 3.73. The van der Waals surface area contributed by atoms with Crippen LogP contribution in [0.2, 0.25) is 0 Å². The molecule has 1 atom stereocenters. The summed E-state index contributed by atoms with van der Waals surface area (Å²) in [6.07, 6.45) is 1.77. The third kappa shape index (κ3) is 3.04. The first-order chi connectivity index (χ1) is 9.65. The van der Waals surface area contributed by atoms with Crippen molar-refractivity contribution in [2.45, 2.75) is 25.8 Å². The van der Waals surface area contributed by atoms with Gasteiger partial charge in [-0.2, -0.15) is 0 Å². The zero-order chi connectivity index (χ0) is 14.5. The number of nitrogens with one attached hydrogen (secondary N) is 1. The fourth-order valence-electron chi connectivity index (χ4n) is 2.62. The first kappa shape index (κ1) is 14.7. The van der Waals surface area contributed by atoms with Gasteiger partial charge in [0.1, 0.15) is 6.04 Å². The molecule has 20 heavy (non-hydrogen) atoms. The Bertz CT molecular complexity index is 476. The zero-order valence-corrected chi connectivity index (χ0v) is 12.2. The van der Waals surface area contributed by atoms with Crippen LogP contribution < -0.4 is 16.0 Å². The lowest BCUT2D eigenvalue weighted by Crippen LogP contribution is -2.45. The Morgan fingerprint density at radius 1 is 1.55 bits per heavy atom. The first-order valence-corrected chi connectivity index (χ1v) is 7.05. The second-order valence-corrected chi connectivity index (χ2v) is 5.11. The molecule has 0 spiro atoms. The summed E-state index contributed by atoms with van der Waals surface area (Å²) in [5, 5.41) is 2.94. The van der Waals surface area contributed by atoms with E-state index < -0.39 is 0 Å². The van der Waals surface area contributed by atoms with Crippen molar-refractivity contribution in [3.8, 4) is 0 Å². The molecule has 0 radical (unpaired) electrons. The van der Waals surface area contributed by atoms with E-state index in [1.807, 2.05) is 19.1 Å². The van der Waals surface area contributed by atoms with Crippen molar-refractivity contribution in [3.05, 3.63) is 23.8 Å².